The maximum Gasteiger partial charge on any atom is 0.191 e. The summed E-state index contributed by atoms with van der Waals surface area (Å²) in [7, 11) is 0.152. The van der Waals surface area contributed by atoms with Crippen molar-refractivity contribution in [3.63, 3.8) is 0 Å². The average Bonchev–Trinajstić information content (AvgIpc) is 2.22. The zero-order valence-corrected chi connectivity index (χ0v) is 15.6. The van der Waals surface area contributed by atoms with E-state index in [4.69, 9.17) is 4.74 Å². The van der Waals surface area contributed by atoms with Gasteiger partial charge < -0.3 is 15.4 Å². The Hall–Kier alpha value is -0.0900. The van der Waals surface area contributed by atoms with E-state index in [1.165, 1.54) is 6.26 Å². The molecule has 0 aliphatic heterocycles. The molecule has 0 spiro atoms. The number of ether oxygens (including phenoxy) is 1. The smallest absolute Gasteiger partial charge is 0.191 e. The average molecular weight is 407 g/mol. The second-order valence-electron chi connectivity index (χ2n) is 4.96. The molecule has 0 aromatic heterocycles. The molecule has 0 aromatic rings. The van der Waals surface area contributed by atoms with Gasteiger partial charge >= 0.3 is 0 Å². The molecule has 0 bridgehead atoms. The summed E-state index contributed by atoms with van der Waals surface area (Å²) in [6, 6.07) is 0.0996. The fraction of sp³-hybridized carbons (Fsp3) is 0.909. The van der Waals surface area contributed by atoms with Crippen LogP contribution in [0.2, 0.25) is 0 Å². The van der Waals surface area contributed by atoms with Gasteiger partial charge in [0.2, 0.25) is 0 Å². The third-order valence-corrected chi connectivity index (χ3v) is 4.86. The van der Waals surface area contributed by atoms with Crippen LogP contribution in [0.3, 0.4) is 0 Å². The van der Waals surface area contributed by atoms with Gasteiger partial charge in [-0.15, -0.1) is 24.0 Å². The SMILES string of the molecule is CN=C(NCC(C)(C)S(C)(=O)=O)NC(C)COC.I. The number of hydrogen-bond donors (Lipinski definition) is 2. The summed E-state index contributed by atoms with van der Waals surface area (Å²) >= 11 is 0. The van der Waals surface area contributed by atoms with Crippen LogP contribution in [0, 0.1) is 0 Å². The minimum absolute atomic E-state index is 0. The lowest BCUT2D eigenvalue weighted by Gasteiger charge is -2.25. The molecule has 116 valence electrons. The van der Waals surface area contributed by atoms with Crippen molar-refractivity contribution < 1.29 is 13.2 Å². The van der Waals surface area contributed by atoms with Gasteiger partial charge in [0.1, 0.15) is 0 Å². The highest BCUT2D eigenvalue weighted by molar-refractivity contribution is 14.0. The highest BCUT2D eigenvalue weighted by Gasteiger charge is 2.30. The lowest BCUT2D eigenvalue weighted by molar-refractivity contribution is 0.179. The van der Waals surface area contributed by atoms with Crippen LogP contribution in [0.4, 0.5) is 0 Å². The van der Waals surface area contributed by atoms with Crippen molar-refractivity contribution in [2.75, 3.05) is 33.6 Å². The molecule has 8 heteroatoms. The van der Waals surface area contributed by atoms with Crippen LogP contribution in [-0.4, -0.2) is 58.7 Å². The first-order valence-electron chi connectivity index (χ1n) is 5.79. The fourth-order valence-electron chi connectivity index (χ4n) is 1.15. The molecular weight excluding hydrogens is 381 g/mol. The number of hydrogen-bond acceptors (Lipinski definition) is 4. The Morgan fingerprint density at radius 3 is 2.32 bits per heavy atom. The quantitative estimate of drug-likeness (QED) is 0.384. The molecule has 0 amide bonds. The van der Waals surface area contributed by atoms with Crippen LogP contribution in [0.15, 0.2) is 4.99 Å². The minimum Gasteiger partial charge on any atom is -0.383 e. The van der Waals surface area contributed by atoms with E-state index < -0.39 is 14.6 Å². The number of guanidine groups is 1. The standard InChI is InChI=1S/C11H25N3O3S.HI/c1-9(7-17-5)14-10(12-4)13-8-11(2,3)18(6,15)16;/h9H,7-8H2,1-6H3,(H2,12,13,14);1H. The molecule has 2 N–H and O–H groups in total. The van der Waals surface area contributed by atoms with Crippen molar-refractivity contribution in [3.8, 4) is 0 Å². The highest BCUT2D eigenvalue weighted by atomic mass is 127. The van der Waals surface area contributed by atoms with Crippen LogP contribution in [0.25, 0.3) is 0 Å². The number of sulfone groups is 1. The lowest BCUT2D eigenvalue weighted by Crippen LogP contribution is -2.50. The predicted octanol–water partition coefficient (Wildman–Crippen LogP) is 0.627. The van der Waals surface area contributed by atoms with Gasteiger partial charge in [0.05, 0.1) is 11.4 Å². The van der Waals surface area contributed by atoms with Crippen molar-refractivity contribution in [2.24, 2.45) is 4.99 Å². The number of halogens is 1. The first-order chi connectivity index (χ1) is 8.14. The largest absolute Gasteiger partial charge is 0.383 e. The minimum atomic E-state index is -3.11. The molecule has 0 aliphatic rings. The molecule has 0 fully saturated rings. The van der Waals surface area contributed by atoms with Gasteiger partial charge in [-0.25, -0.2) is 8.42 Å². The Morgan fingerprint density at radius 2 is 1.95 bits per heavy atom. The number of rotatable bonds is 6. The van der Waals surface area contributed by atoms with Crippen LogP contribution < -0.4 is 10.6 Å². The Kier molecular flexibility index (Phi) is 10.0. The van der Waals surface area contributed by atoms with Gasteiger partial charge in [0.15, 0.2) is 15.8 Å². The number of nitrogens with one attached hydrogen (secondary N) is 2. The van der Waals surface area contributed by atoms with Crippen LogP contribution in [0.1, 0.15) is 20.8 Å². The second kappa shape index (κ2) is 8.96. The molecule has 0 saturated carbocycles. The van der Waals surface area contributed by atoms with E-state index in [9.17, 15) is 8.42 Å². The molecule has 1 unspecified atom stereocenters. The highest BCUT2D eigenvalue weighted by Crippen LogP contribution is 2.13. The zero-order chi connectivity index (χ0) is 14.4. The topological polar surface area (TPSA) is 79.8 Å². The summed E-state index contributed by atoms with van der Waals surface area (Å²) in [5, 5.41) is 6.12. The number of aliphatic imine (C=N–C) groups is 1. The van der Waals surface area contributed by atoms with E-state index in [1.54, 1.807) is 28.0 Å². The molecule has 0 aliphatic carbocycles. The van der Waals surface area contributed by atoms with Gasteiger partial charge in [0.25, 0.3) is 0 Å². The van der Waals surface area contributed by atoms with Crippen LogP contribution in [0.5, 0.6) is 0 Å². The van der Waals surface area contributed by atoms with E-state index in [0.29, 0.717) is 19.1 Å². The molecule has 6 nitrogen and oxygen atoms in total. The van der Waals surface area contributed by atoms with E-state index in [1.807, 2.05) is 6.92 Å². The normalized spacial score (nSPS) is 14.5. The third-order valence-electron chi connectivity index (χ3n) is 2.71. The molecule has 0 heterocycles. The Bertz CT molecular complexity index is 383. The number of methoxy groups -OCH3 is 1. The van der Waals surface area contributed by atoms with Crippen molar-refractivity contribution >= 4 is 39.8 Å². The first kappa shape index (κ1) is 21.2. The van der Waals surface area contributed by atoms with E-state index in [0.717, 1.165) is 0 Å². The first-order valence-corrected chi connectivity index (χ1v) is 7.69. The van der Waals surface area contributed by atoms with Crippen LogP contribution in [-0.2, 0) is 14.6 Å². The van der Waals surface area contributed by atoms with Gasteiger partial charge in [-0.05, 0) is 20.8 Å². The molecule has 0 saturated heterocycles. The molecular formula is C11H26IN3O3S. The van der Waals surface area contributed by atoms with Gasteiger partial charge in [-0.3, -0.25) is 4.99 Å². The third kappa shape index (κ3) is 7.93. The molecule has 0 radical (unpaired) electrons. The van der Waals surface area contributed by atoms with Gasteiger partial charge in [-0.1, -0.05) is 0 Å². The summed E-state index contributed by atoms with van der Waals surface area (Å²) in [6.07, 6.45) is 1.23. The Balaban J connectivity index is 0. The van der Waals surface area contributed by atoms with Crippen molar-refractivity contribution in [3.05, 3.63) is 0 Å². The van der Waals surface area contributed by atoms with Gasteiger partial charge in [0, 0.05) is 33.0 Å². The van der Waals surface area contributed by atoms with Crippen molar-refractivity contribution in [1.82, 2.24) is 10.6 Å². The monoisotopic (exact) mass is 407 g/mol. The van der Waals surface area contributed by atoms with E-state index in [-0.39, 0.29) is 30.0 Å². The fourth-order valence-corrected chi connectivity index (χ4v) is 1.48. The summed E-state index contributed by atoms with van der Waals surface area (Å²) < 4.78 is 27.3. The van der Waals surface area contributed by atoms with Crippen molar-refractivity contribution in [2.45, 2.75) is 31.6 Å². The summed E-state index contributed by atoms with van der Waals surface area (Å²) in [6.45, 7) is 6.17. The number of nitrogens with zero attached hydrogens (tertiary/aromatic N) is 1. The van der Waals surface area contributed by atoms with Gasteiger partial charge in [-0.2, -0.15) is 0 Å². The molecule has 0 aromatic carbocycles. The molecule has 0 rings (SSSR count). The lowest BCUT2D eigenvalue weighted by atomic mass is 10.2. The van der Waals surface area contributed by atoms with E-state index >= 15 is 0 Å². The van der Waals surface area contributed by atoms with E-state index in [2.05, 4.69) is 15.6 Å². The summed E-state index contributed by atoms with van der Waals surface area (Å²) in [5.74, 6) is 0.566. The predicted molar refractivity (Wildman–Crippen MR) is 90.2 cm³/mol. The Morgan fingerprint density at radius 1 is 1.42 bits per heavy atom. The maximum absolute atomic E-state index is 11.6. The Labute approximate surface area is 133 Å². The van der Waals surface area contributed by atoms with Crippen molar-refractivity contribution in [1.29, 1.82) is 0 Å². The summed E-state index contributed by atoms with van der Waals surface area (Å²) in [4.78, 5) is 4.04. The molecule has 19 heavy (non-hydrogen) atoms. The second-order valence-corrected chi connectivity index (χ2v) is 7.61. The van der Waals surface area contributed by atoms with Crippen LogP contribution >= 0.6 is 24.0 Å². The molecule has 1 atom stereocenters. The zero-order valence-electron chi connectivity index (χ0n) is 12.5. The summed E-state index contributed by atoms with van der Waals surface area (Å²) in [5.41, 5.74) is 0. The maximum atomic E-state index is 11.6.